The van der Waals surface area contributed by atoms with Gasteiger partial charge in [0.2, 0.25) is 0 Å². The van der Waals surface area contributed by atoms with Crippen molar-refractivity contribution in [3.63, 3.8) is 0 Å². The fourth-order valence-electron chi connectivity index (χ4n) is 1.87. The van der Waals surface area contributed by atoms with Crippen LogP contribution in [0.25, 0.3) is 0 Å². The molecule has 1 aliphatic heterocycles. The maximum Gasteiger partial charge on any atom is 0.407 e. The number of piperidine rings is 1. The molecule has 0 spiro atoms. The van der Waals surface area contributed by atoms with E-state index in [1.807, 2.05) is 0 Å². The molecule has 0 saturated carbocycles. The molecule has 82 valence electrons. The Balaban J connectivity index is 2.52. The molecule has 1 rings (SSSR count). The quantitative estimate of drug-likeness (QED) is 0.731. The van der Waals surface area contributed by atoms with Crippen LogP contribution < -0.4 is 0 Å². The Morgan fingerprint density at radius 2 is 2.29 bits per heavy atom. The molecule has 2 atom stereocenters. The van der Waals surface area contributed by atoms with E-state index >= 15 is 0 Å². The summed E-state index contributed by atoms with van der Waals surface area (Å²) in [5.41, 5.74) is 0. The molecule has 0 aromatic carbocycles. The Labute approximate surface area is 83.6 Å². The van der Waals surface area contributed by atoms with E-state index in [9.17, 15) is 4.79 Å². The minimum absolute atomic E-state index is 0.116. The second-order valence-electron chi connectivity index (χ2n) is 3.51. The maximum absolute atomic E-state index is 10.7. The summed E-state index contributed by atoms with van der Waals surface area (Å²) in [6.45, 7) is 1.60. The van der Waals surface area contributed by atoms with Crippen molar-refractivity contribution < 1.29 is 19.4 Å². The largest absolute Gasteiger partial charge is 0.465 e. The molecule has 0 bridgehead atoms. The Kier molecular flexibility index (Phi) is 4.16. The Morgan fingerprint density at radius 1 is 1.57 bits per heavy atom. The Morgan fingerprint density at radius 3 is 2.79 bits per heavy atom. The highest BCUT2D eigenvalue weighted by molar-refractivity contribution is 5.65. The fraction of sp³-hybridized carbons (Fsp3) is 0.889. The molecule has 0 aromatic rings. The van der Waals surface area contributed by atoms with Crippen LogP contribution >= 0.6 is 0 Å². The number of carboxylic acid groups (broad SMARTS) is 1. The van der Waals surface area contributed by atoms with E-state index in [0.29, 0.717) is 19.7 Å². The molecular formula is C9H17NO4. The maximum atomic E-state index is 10.7. The lowest BCUT2D eigenvalue weighted by Crippen LogP contribution is -2.47. The summed E-state index contributed by atoms with van der Waals surface area (Å²) >= 11 is 0. The van der Waals surface area contributed by atoms with Gasteiger partial charge in [-0.3, -0.25) is 0 Å². The van der Waals surface area contributed by atoms with Gasteiger partial charge < -0.3 is 19.5 Å². The van der Waals surface area contributed by atoms with Crippen LogP contribution in [0.2, 0.25) is 0 Å². The number of likely N-dealkylation sites (tertiary alicyclic amines) is 1. The monoisotopic (exact) mass is 203 g/mol. The number of carbonyl (C=O) groups is 1. The summed E-state index contributed by atoms with van der Waals surface area (Å²) in [6, 6.07) is 0. The molecule has 1 saturated heterocycles. The van der Waals surface area contributed by atoms with Crippen molar-refractivity contribution in [3.8, 4) is 0 Å². The topological polar surface area (TPSA) is 59.0 Å². The van der Waals surface area contributed by atoms with Gasteiger partial charge in [-0.25, -0.2) is 4.79 Å². The van der Waals surface area contributed by atoms with Crippen LogP contribution in [0.3, 0.4) is 0 Å². The Hall–Kier alpha value is -0.810. The average Bonchev–Trinajstić information content (AvgIpc) is 2.18. The van der Waals surface area contributed by atoms with Crippen LogP contribution in [0.15, 0.2) is 0 Å². The highest BCUT2D eigenvalue weighted by Crippen LogP contribution is 2.19. The summed E-state index contributed by atoms with van der Waals surface area (Å²) in [5, 5.41) is 8.83. The van der Waals surface area contributed by atoms with E-state index in [1.165, 1.54) is 4.90 Å². The summed E-state index contributed by atoms with van der Waals surface area (Å²) in [5.74, 6) is 0.148. The van der Waals surface area contributed by atoms with Gasteiger partial charge in [-0.2, -0.15) is 0 Å². The highest BCUT2D eigenvalue weighted by Gasteiger charge is 2.31. The summed E-state index contributed by atoms with van der Waals surface area (Å²) < 4.78 is 10.3. The molecule has 14 heavy (non-hydrogen) atoms. The summed E-state index contributed by atoms with van der Waals surface area (Å²) in [6.07, 6.45) is 0.00260. The standard InChI is InChI=1S/C9H17NO4/c1-13-6-7-5-10(9(11)12)4-3-8(7)14-2/h7-8H,3-6H2,1-2H3,(H,11,12). The molecule has 0 aromatic heterocycles. The number of ether oxygens (including phenoxy) is 2. The minimum Gasteiger partial charge on any atom is -0.465 e. The predicted octanol–water partition coefficient (Wildman–Crippen LogP) is 0.648. The third-order valence-corrected chi connectivity index (χ3v) is 2.62. The molecule has 1 heterocycles. The number of hydrogen-bond acceptors (Lipinski definition) is 3. The number of nitrogens with zero attached hydrogens (tertiary/aromatic N) is 1. The molecular weight excluding hydrogens is 186 g/mol. The van der Waals surface area contributed by atoms with Crippen LogP contribution in [-0.2, 0) is 9.47 Å². The first kappa shape index (κ1) is 11.3. The highest BCUT2D eigenvalue weighted by atomic mass is 16.5. The molecule has 1 aliphatic rings. The van der Waals surface area contributed by atoms with Crippen LogP contribution in [0.5, 0.6) is 0 Å². The fourth-order valence-corrected chi connectivity index (χ4v) is 1.87. The lowest BCUT2D eigenvalue weighted by Gasteiger charge is -2.35. The van der Waals surface area contributed by atoms with E-state index in [1.54, 1.807) is 14.2 Å². The van der Waals surface area contributed by atoms with E-state index in [0.717, 1.165) is 6.42 Å². The van der Waals surface area contributed by atoms with Gasteiger partial charge in [0.1, 0.15) is 0 Å². The second kappa shape index (κ2) is 5.17. The normalized spacial score (nSPS) is 27.7. The van der Waals surface area contributed by atoms with E-state index < -0.39 is 6.09 Å². The SMILES string of the molecule is COCC1CN(C(=O)O)CCC1OC. The van der Waals surface area contributed by atoms with Gasteiger partial charge in [-0.05, 0) is 6.42 Å². The van der Waals surface area contributed by atoms with Crippen molar-refractivity contribution in [1.82, 2.24) is 4.90 Å². The number of amides is 1. The van der Waals surface area contributed by atoms with Gasteiger partial charge in [-0.1, -0.05) is 0 Å². The van der Waals surface area contributed by atoms with Gasteiger partial charge >= 0.3 is 6.09 Å². The molecule has 0 radical (unpaired) electrons. The van der Waals surface area contributed by atoms with Crippen LogP contribution in [0, 0.1) is 5.92 Å². The second-order valence-corrected chi connectivity index (χ2v) is 3.51. The molecule has 1 fully saturated rings. The third kappa shape index (κ3) is 2.59. The van der Waals surface area contributed by atoms with E-state index in [4.69, 9.17) is 14.6 Å². The van der Waals surface area contributed by atoms with Crippen LogP contribution in [0.4, 0.5) is 4.79 Å². The third-order valence-electron chi connectivity index (χ3n) is 2.62. The lowest BCUT2D eigenvalue weighted by molar-refractivity contribution is -0.0299. The van der Waals surface area contributed by atoms with E-state index in [2.05, 4.69) is 0 Å². The molecule has 5 heteroatoms. The van der Waals surface area contributed by atoms with Gasteiger partial charge in [0.05, 0.1) is 12.7 Å². The lowest BCUT2D eigenvalue weighted by atomic mass is 9.95. The number of hydrogen-bond donors (Lipinski definition) is 1. The summed E-state index contributed by atoms with van der Waals surface area (Å²) in [4.78, 5) is 12.2. The average molecular weight is 203 g/mol. The Bertz CT molecular complexity index is 197. The van der Waals surface area contributed by atoms with Crippen molar-refractivity contribution in [3.05, 3.63) is 0 Å². The zero-order valence-corrected chi connectivity index (χ0v) is 8.60. The molecule has 1 N–H and O–H groups in total. The van der Waals surface area contributed by atoms with Crippen LogP contribution in [0.1, 0.15) is 6.42 Å². The van der Waals surface area contributed by atoms with Crippen molar-refractivity contribution in [2.45, 2.75) is 12.5 Å². The van der Waals surface area contributed by atoms with E-state index in [-0.39, 0.29) is 12.0 Å². The van der Waals surface area contributed by atoms with Gasteiger partial charge in [0.25, 0.3) is 0 Å². The molecule has 0 aliphatic carbocycles. The predicted molar refractivity (Wildman–Crippen MR) is 50.4 cm³/mol. The summed E-state index contributed by atoms with van der Waals surface area (Å²) in [7, 11) is 3.27. The molecule has 1 amide bonds. The first-order valence-electron chi connectivity index (χ1n) is 4.68. The first-order valence-corrected chi connectivity index (χ1v) is 4.68. The smallest absolute Gasteiger partial charge is 0.407 e. The van der Waals surface area contributed by atoms with Crippen molar-refractivity contribution in [2.75, 3.05) is 33.9 Å². The zero-order valence-electron chi connectivity index (χ0n) is 8.60. The zero-order chi connectivity index (χ0) is 10.6. The molecule has 2 unspecified atom stereocenters. The van der Waals surface area contributed by atoms with Crippen molar-refractivity contribution >= 4 is 6.09 Å². The van der Waals surface area contributed by atoms with Crippen LogP contribution in [-0.4, -0.2) is 56.1 Å². The minimum atomic E-state index is -0.861. The van der Waals surface area contributed by atoms with Gasteiger partial charge in [0, 0.05) is 33.2 Å². The number of rotatable bonds is 3. The molecule has 5 nitrogen and oxygen atoms in total. The number of methoxy groups -OCH3 is 2. The van der Waals surface area contributed by atoms with Gasteiger partial charge in [-0.15, -0.1) is 0 Å². The first-order chi connectivity index (χ1) is 6.69. The van der Waals surface area contributed by atoms with Crippen molar-refractivity contribution in [2.24, 2.45) is 5.92 Å². The van der Waals surface area contributed by atoms with Gasteiger partial charge in [0.15, 0.2) is 0 Å². The van der Waals surface area contributed by atoms with Crippen molar-refractivity contribution in [1.29, 1.82) is 0 Å².